The van der Waals surface area contributed by atoms with Gasteiger partial charge in [0.2, 0.25) is 5.95 Å². The quantitative estimate of drug-likeness (QED) is 0.404. The summed E-state index contributed by atoms with van der Waals surface area (Å²) in [5, 5.41) is 0. The summed E-state index contributed by atoms with van der Waals surface area (Å²) in [5.41, 5.74) is 7.14. The molecule has 4 aromatic rings. The molecule has 36 heavy (non-hydrogen) atoms. The van der Waals surface area contributed by atoms with E-state index in [0.29, 0.717) is 12.6 Å². The first-order valence-corrected chi connectivity index (χ1v) is 12.4. The molecule has 0 radical (unpaired) electrons. The van der Waals surface area contributed by atoms with Gasteiger partial charge in [0, 0.05) is 42.3 Å². The van der Waals surface area contributed by atoms with Gasteiger partial charge in [-0.3, -0.25) is 9.47 Å². The molecule has 2 aromatic heterocycles. The number of aromatic nitrogens is 4. The first-order valence-electron chi connectivity index (χ1n) is 12.4. The monoisotopic (exact) mass is 475 g/mol. The van der Waals surface area contributed by atoms with Crippen LogP contribution in [0.2, 0.25) is 0 Å². The second kappa shape index (κ2) is 8.45. The van der Waals surface area contributed by atoms with Gasteiger partial charge in [-0.05, 0) is 47.1 Å². The molecule has 2 aliphatic heterocycles. The van der Waals surface area contributed by atoms with Gasteiger partial charge in [0.1, 0.15) is 12.9 Å². The molecule has 2 atom stereocenters. The van der Waals surface area contributed by atoms with E-state index in [-0.39, 0.29) is 24.1 Å². The van der Waals surface area contributed by atoms with E-state index in [4.69, 9.17) is 4.74 Å². The van der Waals surface area contributed by atoms with E-state index in [9.17, 15) is 4.79 Å². The average molecular weight is 476 g/mol. The predicted molar refractivity (Wildman–Crippen MR) is 135 cm³/mol. The number of fused-ring (bicyclic) bond motifs is 5. The van der Waals surface area contributed by atoms with Crippen LogP contribution in [0.5, 0.6) is 0 Å². The second-order valence-corrected chi connectivity index (χ2v) is 9.65. The van der Waals surface area contributed by atoms with Crippen molar-refractivity contribution in [2.24, 2.45) is 0 Å². The lowest BCUT2D eigenvalue weighted by atomic mass is 9.97. The van der Waals surface area contributed by atoms with Crippen molar-refractivity contribution in [2.45, 2.75) is 37.3 Å². The Labute approximate surface area is 209 Å². The molecule has 2 bridgehead atoms. The van der Waals surface area contributed by atoms with E-state index in [1.165, 1.54) is 27.8 Å². The lowest BCUT2D eigenvalue weighted by molar-refractivity contribution is 0.0866. The molecule has 178 valence electrons. The van der Waals surface area contributed by atoms with Gasteiger partial charge in [-0.15, -0.1) is 0 Å². The van der Waals surface area contributed by atoms with Crippen LogP contribution in [0.15, 0.2) is 85.7 Å². The first kappa shape index (κ1) is 21.1. The molecular weight excluding hydrogens is 450 g/mol. The minimum absolute atomic E-state index is 0.0442. The standard InChI is InChI=1S/C29H25N5O2/c35-29(36-17-27-25-7-3-1-5-23(25)24-6-2-4-8-26(24)27)34-21-9-10-22(34)14-19(13-21)20-15-31-28(32-16-20)33-12-11-30-18-33/h1-8,11-13,15-16,18,21-22,27H,9-10,14,17H2. The SMILES string of the molecule is O=C(OCC1c2ccccc2-c2ccccc21)N1C2C=C(c3cnc(-n4ccnc4)nc3)CC1CC2. The van der Waals surface area contributed by atoms with E-state index >= 15 is 0 Å². The third-order valence-corrected chi connectivity index (χ3v) is 7.69. The third-order valence-electron chi connectivity index (χ3n) is 7.69. The van der Waals surface area contributed by atoms with E-state index in [0.717, 1.165) is 24.8 Å². The Bertz CT molecular complexity index is 1420. The number of imidazole rings is 1. The normalized spacial score (nSPS) is 20.1. The summed E-state index contributed by atoms with van der Waals surface area (Å²) in [7, 11) is 0. The van der Waals surface area contributed by atoms with Gasteiger partial charge in [0.05, 0.1) is 6.04 Å². The van der Waals surface area contributed by atoms with Gasteiger partial charge in [0.25, 0.3) is 0 Å². The van der Waals surface area contributed by atoms with Crippen LogP contribution in [0.4, 0.5) is 4.79 Å². The van der Waals surface area contributed by atoms with Crippen molar-refractivity contribution in [1.82, 2.24) is 24.4 Å². The molecule has 1 fully saturated rings. The van der Waals surface area contributed by atoms with Gasteiger partial charge < -0.3 is 4.74 Å². The summed E-state index contributed by atoms with van der Waals surface area (Å²) in [6.07, 6.45) is 13.6. The molecule has 1 amide bonds. The van der Waals surface area contributed by atoms with E-state index in [1.807, 2.05) is 23.5 Å². The number of ether oxygens (including phenoxy) is 1. The Morgan fingerprint density at radius 3 is 2.36 bits per heavy atom. The topological polar surface area (TPSA) is 73.1 Å². The van der Waals surface area contributed by atoms with Crippen LogP contribution in [-0.2, 0) is 4.74 Å². The third kappa shape index (κ3) is 3.42. The Hall–Kier alpha value is -4.26. The van der Waals surface area contributed by atoms with Crippen LogP contribution in [0.25, 0.3) is 22.6 Å². The Morgan fingerprint density at radius 1 is 0.972 bits per heavy atom. The van der Waals surface area contributed by atoms with Crippen LogP contribution in [0.3, 0.4) is 0 Å². The zero-order valence-corrected chi connectivity index (χ0v) is 19.7. The van der Waals surface area contributed by atoms with Gasteiger partial charge in [-0.1, -0.05) is 54.6 Å². The van der Waals surface area contributed by atoms with Crippen molar-refractivity contribution in [1.29, 1.82) is 0 Å². The van der Waals surface area contributed by atoms with Crippen molar-refractivity contribution >= 4 is 11.7 Å². The fourth-order valence-corrected chi connectivity index (χ4v) is 6.00. The molecule has 1 aliphatic carbocycles. The molecule has 7 heteroatoms. The van der Waals surface area contributed by atoms with E-state index < -0.39 is 0 Å². The lowest BCUT2D eigenvalue weighted by Crippen LogP contribution is -2.43. The largest absolute Gasteiger partial charge is 0.448 e. The van der Waals surface area contributed by atoms with Crippen molar-refractivity contribution in [3.8, 4) is 17.1 Å². The summed E-state index contributed by atoms with van der Waals surface area (Å²) in [4.78, 5) is 28.3. The molecule has 2 unspecified atom stereocenters. The summed E-state index contributed by atoms with van der Waals surface area (Å²) in [6.45, 7) is 0.350. The highest BCUT2D eigenvalue weighted by molar-refractivity contribution is 5.79. The highest BCUT2D eigenvalue weighted by Gasteiger charge is 2.41. The molecule has 1 saturated heterocycles. The highest BCUT2D eigenvalue weighted by atomic mass is 16.6. The van der Waals surface area contributed by atoms with E-state index in [2.05, 4.69) is 69.6 Å². The fourth-order valence-electron chi connectivity index (χ4n) is 6.00. The fraction of sp³-hybridized carbons (Fsp3) is 0.241. The molecule has 4 heterocycles. The molecule has 7 rings (SSSR count). The number of nitrogens with zero attached hydrogens (tertiary/aromatic N) is 5. The number of hydrogen-bond acceptors (Lipinski definition) is 5. The number of carbonyl (C=O) groups is 1. The molecular formula is C29H25N5O2. The predicted octanol–water partition coefficient (Wildman–Crippen LogP) is 5.23. The molecule has 7 nitrogen and oxygen atoms in total. The van der Waals surface area contributed by atoms with Gasteiger partial charge in [-0.2, -0.15) is 0 Å². The lowest BCUT2D eigenvalue weighted by Gasteiger charge is -2.33. The molecule has 2 aromatic carbocycles. The van der Waals surface area contributed by atoms with Crippen LogP contribution in [0.1, 0.15) is 41.9 Å². The van der Waals surface area contributed by atoms with E-state index in [1.54, 1.807) is 17.1 Å². The summed E-state index contributed by atoms with van der Waals surface area (Å²) in [6, 6.07) is 17.0. The highest BCUT2D eigenvalue weighted by Crippen LogP contribution is 2.45. The molecule has 0 saturated carbocycles. The van der Waals surface area contributed by atoms with Crippen molar-refractivity contribution < 1.29 is 9.53 Å². The minimum Gasteiger partial charge on any atom is -0.448 e. The maximum atomic E-state index is 13.3. The summed E-state index contributed by atoms with van der Waals surface area (Å²) in [5.74, 6) is 0.664. The maximum Gasteiger partial charge on any atom is 0.410 e. The van der Waals surface area contributed by atoms with Gasteiger partial charge in [0.15, 0.2) is 0 Å². The van der Waals surface area contributed by atoms with Crippen LogP contribution in [-0.4, -0.2) is 49.2 Å². The molecule has 3 aliphatic rings. The van der Waals surface area contributed by atoms with Crippen LogP contribution in [0, 0.1) is 0 Å². The smallest absolute Gasteiger partial charge is 0.410 e. The number of benzene rings is 2. The zero-order valence-electron chi connectivity index (χ0n) is 19.7. The zero-order chi connectivity index (χ0) is 24.1. The minimum atomic E-state index is -0.216. The first-order chi connectivity index (χ1) is 17.8. The van der Waals surface area contributed by atoms with Gasteiger partial charge in [-0.25, -0.2) is 19.7 Å². The van der Waals surface area contributed by atoms with Crippen LogP contribution < -0.4 is 0 Å². The maximum absolute atomic E-state index is 13.3. The Kier molecular flexibility index (Phi) is 4.94. The molecule has 0 spiro atoms. The van der Waals surface area contributed by atoms with Crippen molar-refractivity contribution in [3.63, 3.8) is 0 Å². The Balaban J connectivity index is 1.07. The molecule has 0 N–H and O–H groups in total. The number of amides is 1. The van der Waals surface area contributed by atoms with Crippen molar-refractivity contribution in [2.75, 3.05) is 6.61 Å². The Morgan fingerprint density at radius 2 is 1.69 bits per heavy atom. The summed E-state index contributed by atoms with van der Waals surface area (Å²) < 4.78 is 7.76. The number of carbonyl (C=O) groups excluding carboxylic acids is 1. The van der Waals surface area contributed by atoms with Gasteiger partial charge >= 0.3 is 6.09 Å². The number of hydrogen-bond donors (Lipinski definition) is 0. The summed E-state index contributed by atoms with van der Waals surface area (Å²) >= 11 is 0. The average Bonchev–Trinajstić information content (AvgIpc) is 3.63. The van der Waals surface area contributed by atoms with Crippen LogP contribution >= 0.6 is 0 Å². The van der Waals surface area contributed by atoms with Crippen molar-refractivity contribution in [3.05, 3.63) is 102 Å². The number of rotatable bonds is 4. The second-order valence-electron chi connectivity index (χ2n) is 9.65.